The number of unbranched alkanes of at least 4 members (excludes halogenated alkanes) is 1. The van der Waals surface area contributed by atoms with Gasteiger partial charge in [-0.3, -0.25) is 4.79 Å². The molecule has 0 fully saturated rings. The largest absolute Gasteiger partial charge is 0.497 e. The zero-order chi connectivity index (χ0) is 23.6. The summed E-state index contributed by atoms with van der Waals surface area (Å²) in [5.74, 6) is 2.63. The zero-order valence-electron chi connectivity index (χ0n) is 19.6. The number of benzene rings is 3. The Hall–Kier alpha value is -3.80. The van der Waals surface area contributed by atoms with Crippen LogP contribution in [0.4, 0.5) is 0 Å². The summed E-state index contributed by atoms with van der Waals surface area (Å²) < 4.78 is 13.3. The zero-order valence-corrected chi connectivity index (χ0v) is 19.6. The highest BCUT2D eigenvalue weighted by Gasteiger charge is 2.11. The third-order valence-corrected chi connectivity index (χ3v) is 5.74. The van der Waals surface area contributed by atoms with E-state index in [0.717, 1.165) is 60.6 Å². The van der Waals surface area contributed by atoms with Crippen molar-refractivity contribution in [1.29, 1.82) is 0 Å². The van der Waals surface area contributed by atoms with Gasteiger partial charge in [0.1, 0.15) is 17.3 Å². The third-order valence-electron chi connectivity index (χ3n) is 5.74. The van der Waals surface area contributed by atoms with Crippen LogP contribution >= 0.6 is 0 Å². The number of para-hydroxylation sites is 3. The van der Waals surface area contributed by atoms with Crippen LogP contribution in [-0.2, 0) is 13.0 Å². The minimum atomic E-state index is -0.0745. The van der Waals surface area contributed by atoms with Gasteiger partial charge in [0.2, 0.25) is 0 Å². The molecule has 1 amide bonds. The number of ether oxygens (including phenoxy) is 2. The van der Waals surface area contributed by atoms with Crippen LogP contribution < -0.4 is 14.8 Å². The molecular formula is C28H31N3O3. The van der Waals surface area contributed by atoms with Gasteiger partial charge in [-0.2, -0.15) is 0 Å². The first-order valence-electron chi connectivity index (χ1n) is 11.8. The van der Waals surface area contributed by atoms with E-state index in [2.05, 4.69) is 28.1 Å². The summed E-state index contributed by atoms with van der Waals surface area (Å²) in [4.78, 5) is 17.2. The van der Waals surface area contributed by atoms with Gasteiger partial charge >= 0.3 is 0 Å². The van der Waals surface area contributed by atoms with Gasteiger partial charge < -0.3 is 19.4 Å². The summed E-state index contributed by atoms with van der Waals surface area (Å²) in [6.45, 7) is 2.19. The highest BCUT2D eigenvalue weighted by atomic mass is 16.5. The lowest BCUT2D eigenvalue weighted by molar-refractivity contribution is 0.0953. The quantitative estimate of drug-likeness (QED) is 0.295. The molecule has 1 N–H and O–H groups in total. The molecule has 34 heavy (non-hydrogen) atoms. The number of hydrogen-bond acceptors (Lipinski definition) is 4. The van der Waals surface area contributed by atoms with Crippen LogP contribution in [0.25, 0.3) is 11.0 Å². The maximum absolute atomic E-state index is 12.4. The minimum Gasteiger partial charge on any atom is -0.497 e. The van der Waals surface area contributed by atoms with Crippen LogP contribution in [0.5, 0.6) is 11.5 Å². The van der Waals surface area contributed by atoms with Crippen molar-refractivity contribution < 1.29 is 14.3 Å². The topological polar surface area (TPSA) is 65.4 Å². The van der Waals surface area contributed by atoms with Gasteiger partial charge in [0.05, 0.1) is 24.8 Å². The molecule has 0 bridgehead atoms. The van der Waals surface area contributed by atoms with E-state index in [4.69, 9.17) is 14.5 Å². The Morgan fingerprint density at radius 2 is 1.65 bits per heavy atom. The fourth-order valence-electron chi connectivity index (χ4n) is 3.94. The van der Waals surface area contributed by atoms with Crippen molar-refractivity contribution >= 4 is 16.9 Å². The summed E-state index contributed by atoms with van der Waals surface area (Å²) in [6, 6.07) is 25.3. The Balaban J connectivity index is 1.28. The van der Waals surface area contributed by atoms with Crippen molar-refractivity contribution in [2.45, 2.75) is 32.2 Å². The lowest BCUT2D eigenvalue weighted by Crippen LogP contribution is -2.25. The predicted octanol–water partition coefficient (Wildman–Crippen LogP) is 5.27. The molecule has 1 aromatic heterocycles. The molecule has 6 heteroatoms. The average Bonchev–Trinajstić information content (AvgIpc) is 3.24. The first-order chi connectivity index (χ1) is 16.7. The second-order valence-electron chi connectivity index (χ2n) is 8.12. The molecule has 176 valence electrons. The van der Waals surface area contributed by atoms with E-state index in [-0.39, 0.29) is 5.91 Å². The number of methoxy groups -OCH3 is 1. The van der Waals surface area contributed by atoms with Crippen molar-refractivity contribution in [2.75, 3.05) is 20.3 Å². The number of carbonyl (C=O) groups excluding carboxylic acids is 1. The van der Waals surface area contributed by atoms with Crippen LogP contribution in [-0.4, -0.2) is 35.7 Å². The lowest BCUT2D eigenvalue weighted by atomic mass is 10.2. The van der Waals surface area contributed by atoms with E-state index in [1.165, 1.54) is 0 Å². The average molecular weight is 458 g/mol. The Labute approximate surface area is 200 Å². The van der Waals surface area contributed by atoms with Crippen molar-refractivity contribution in [2.24, 2.45) is 0 Å². The number of fused-ring (bicyclic) bond motifs is 1. The van der Waals surface area contributed by atoms with Crippen molar-refractivity contribution in [3.63, 3.8) is 0 Å². The van der Waals surface area contributed by atoms with Gasteiger partial charge in [-0.15, -0.1) is 0 Å². The first kappa shape index (κ1) is 23.4. The number of aromatic nitrogens is 2. The maximum Gasteiger partial charge on any atom is 0.251 e. The van der Waals surface area contributed by atoms with E-state index in [9.17, 15) is 4.79 Å². The number of nitrogens with zero attached hydrogens (tertiary/aromatic N) is 2. The van der Waals surface area contributed by atoms with Gasteiger partial charge in [0.15, 0.2) is 0 Å². The molecule has 0 saturated heterocycles. The maximum atomic E-state index is 12.4. The van der Waals surface area contributed by atoms with Gasteiger partial charge in [-0.1, -0.05) is 30.3 Å². The van der Waals surface area contributed by atoms with E-state index < -0.39 is 0 Å². The van der Waals surface area contributed by atoms with E-state index >= 15 is 0 Å². The number of nitrogens with one attached hydrogen (secondary N) is 1. The molecule has 0 aliphatic rings. The molecule has 0 radical (unpaired) electrons. The highest BCUT2D eigenvalue weighted by Crippen LogP contribution is 2.18. The van der Waals surface area contributed by atoms with Crippen LogP contribution in [0.2, 0.25) is 0 Å². The molecule has 0 saturated carbocycles. The van der Waals surface area contributed by atoms with Gasteiger partial charge in [0, 0.05) is 25.1 Å². The van der Waals surface area contributed by atoms with E-state index in [0.29, 0.717) is 18.7 Å². The number of hydrogen-bond donors (Lipinski definition) is 1. The second kappa shape index (κ2) is 11.9. The fraction of sp³-hybridized carbons (Fsp3) is 0.286. The van der Waals surface area contributed by atoms with Crippen LogP contribution in [0.15, 0.2) is 78.9 Å². The molecule has 4 rings (SSSR count). The summed E-state index contributed by atoms with van der Waals surface area (Å²) >= 11 is 0. The molecule has 0 unspecified atom stereocenters. The van der Waals surface area contributed by atoms with Crippen molar-refractivity contribution in [3.8, 4) is 11.5 Å². The van der Waals surface area contributed by atoms with Crippen LogP contribution in [0.3, 0.4) is 0 Å². The Morgan fingerprint density at radius 1 is 0.882 bits per heavy atom. The molecule has 3 aromatic carbocycles. The van der Waals surface area contributed by atoms with Gasteiger partial charge in [-0.25, -0.2) is 4.98 Å². The molecule has 0 atom stereocenters. The Morgan fingerprint density at radius 3 is 2.44 bits per heavy atom. The summed E-state index contributed by atoms with van der Waals surface area (Å²) in [7, 11) is 1.61. The van der Waals surface area contributed by atoms with E-state index in [1.54, 1.807) is 31.4 Å². The molecule has 0 aliphatic carbocycles. The minimum absolute atomic E-state index is 0.0745. The van der Waals surface area contributed by atoms with Crippen molar-refractivity contribution in [1.82, 2.24) is 14.9 Å². The Bertz CT molecular complexity index is 1190. The number of imidazole rings is 1. The first-order valence-corrected chi connectivity index (χ1v) is 11.8. The molecule has 0 spiro atoms. The molecule has 0 aliphatic heterocycles. The van der Waals surface area contributed by atoms with Gasteiger partial charge in [0.25, 0.3) is 5.91 Å². The van der Waals surface area contributed by atoms with Gasteiger partial charge in [-0.05, 0) is 67.8 Å². The SMILES string of the molecule is COc1ccc(C(=O)NCCCc2nc3ccccc3n2CCCCOc2ccccc2)cc1. The number of rotatable bonds is 12. The molecule has 1 heterocycles. The van der Waals surface area contributed by atoms with Crippen LogP contribution in [0, 0.1) is 0 Å². The second-order valence-corrected chi connectivity index (χ2v) is 8.12. The fourth-order valence-corrected chi connectivity index (χ4v) is 3.94. The van der Waals surface area contributed by atoms with Crippen LogP contribution in [0.1, 0.15) is 35.4 Å². The Kier molecular flexibility index (Phi) is 8.17. The van der Waals surface area contributed by atoms with Crippen molar-refractivity contribution in [3.05, 3.63) is 90.3 Å². The number of aryl methyl sites for hydroxylation is 2. The number of amides is 1. The summed E-state index contributed by atoms with van der Waals surface area (Å²) in [6.07, 6.45) is 3.60. The standard InChI is InChI=1S/C28H31N3O3/c1-33-23-17-15-22(16-18-23)28(32)29-19-9-14-27-30-25-12-5-6-13-26(25)31(27)20-7-8-21-34-24-10-3-2-4-11-24/h2-6,10-13,15-18H,7-9,14,19-21H2,1H3,(H,29,32). The number of carbonyl (C=O) groups is 1. The summed E-state index contributed by atoms with van der Waals surface area (Å²) in [5, 5.41) is 3.00. The highest BCUT2D eigenvalue weighted by molar-refractivity contribution is 5.94. The predicted molar refractivity (Wildman–Crippen MR) is 135 cm³/mol. The monoisotopic (exact) mass is 457 g/mol. The molecule has 6 nitrogen and oxygen atoms in total. The smallest absolute Gasteiger partial charge is 0.251 e. The van der Waals surface area contributed by atoms with E-state index in [1.807, 2.05) is 36.4 Å². The summed E-state index contributed by atoms with van der Waals surface area (Å²) in [5.41, 5.74) is 2.80. The normalized spacial score (nSPS) is 10.9. The molecular weight excluding hydrogens is 426 g/mol. The third kappa shape index (κ3) is 6.16. The lowest BCUT2D eigenvalue weighted by Gasteiger charge is -2.11. The molecule has 4 aromatic rings.